The summed E-state index contributed by atoms with van der Waals surface area (Å²) in [6.07, 6.45) is 1.98. The SMILES string of the molecule is CC(C)(C(=O)O)c1ccc(Nc2ncnc3sc(Cc4c(Cl)cccc4Cl)nc23)cc1. The van der Waals surface area contributed by atoms with Gasteiger partial charge in [-0.25, -0.2) is 15.0 Å². The second-order valence-electron chi connectivity index (χ2n) is 7.49. The van der Waals surface area contributed by atoms with Gasteiger partial charge in [0, 0.05) is 22.2 Å². The van der Waals surface area contributed by atoms with E-state index >= 15 is 0 Å². The molecule has 0 radical (unpaired) electrons. The molecule has 0 aliphatic carbocycles. The van der Waals surface area contributed by atoms with Gasteiger partial charge in [-0.2, -0.15) is 0 Å². The molecule has 0 aliphatic heterocycles. The van der Waals surface area contributed by atoms with Crippen LogP contribution in [0.25, 0.3) is 10.3 Å². The van der Waals surface area contributed by atoms with E-state index in [9.17, 15) is 9.90 Å². The molecule has 9 heteroatoms. The molecule has 4 aromatic rings. The first-order valence-corrected chi connectivity index (χ1v) is 11.0. The zero-order chi connectivity index (χ0) is 22.2. The molecule has 0 saturated heterocycles. The minimum atomic E-state index is -0.968. The Morgan fingerprint density at radius 3 is 2.42 bits per heavy atom. The van der Waals surface area contributed by atoms with Gasteiger partial charge in [-0.05, 0) is 49.2 Å². The van der Waals surface area contributed by atoms with E-state index in [4.69, 9.17) is 28.2 Å². The van der Waals surface area contributed by atoms with Crippen LogP contribution in [0.2, 0.25) is 10.0 Å². The van der Waals surface area contributed by atoms with Crippen molar-refractivity contribution >= 4 is 62.4 Å². The minimum Gasteiger partial charge on any atom is -0.481 e. The van der Waals surface area contributed by atoms with Crippen LogP contribution < -0.4 is 5.32 Å². The second-order valence-corrected chi connectivity index (χ2v) is 9.37. The van der Waals surface area contributed by atoms with Crippen molar-refractivity contribution < 1.29 is 9.90 Å². The third-order valence-electron chi connectivity index (χ3n) is 5.03. The van der Waals surface area contributed by atoms with Crippen LogP contribution in [-0.4, -0.2) is 26.0 Å². The van der Waals surface area contributed by atoms with Crippen molar-refractivity contribution in [3.05, 3.63) is 75.0 Å². The predicted molar refractivity (Wildman–Crippen MR) is 125 cm³/mol. The van der Waals surface area contributed by atoms with Crippen molar-refractivity contribution in [3.8, 4) is 0 Å². The maximum atomic E-state index is 11.5. The van der Waals surface area contributed by atoms with Gasteiger partial charge < -0.3 is 10.4 Å². The van der Waals surface area contributed by atoms with Crippen LogP contribution in [0.15, 0.2) is 48.8 Å². The number of nitrogens with one attached hydrogen (secondary N) is 1. The number of benzene rings is 2. The van der Waals surface area contributed by atoms with Crippen molar-refractivity contribution in [1.82, 2.24) is 15.0 Å². The van der Waals surface area contributed by atoms with E-state index in [1.165, 1.54) is 17.7 Å². The number of nitrogens with zero attached hydrogens (tertiary/aromatic N) is 3. The molecule has 0 atom stereocenters. The van der Waals surface area contributed by atoms with Crippen molar-refractivity contribution in [2.75, 3.05) is 5.32 Å². The molecule has 31 heavy (non-hydrogen) atoms. The highest BCUT2D eigenvalue weighted by Gasteiger charge is 2.29. The summed E-state index contributed by atoms with van der Waals surface area (Å²) in [5.74, 6) is -0.303. The van der Waals surface area contributed by atoms with Gasteiger partial charge in [0.15, 0.2) is 5.82 Å². The molecule has 2 aromatic carbocycles. The first-order valence-electron chi connectivity index (χ1n) is 9.40. The number of aliphatic carboxylic acids is 1. The fraction of sp³-hybridized carbons (Fsp3) is 0.182. The van der Waals surface area contributed by atoms with Gasteiger partial charge in [0.2, 0.25) is 0 Å². The molecule has 0 fully saturated rings. The highest BCUT2D eigenvalue weighted by Crippen LogP contribution is 2.32. The topological polar surface area (TPSA) is 88.0 Å². The summed E-state index contributed by atoms with van der Waals surface area (Å²) in [5.41, 5.74) is 1.99. The third-order valence-corrected chi connectivity index (χ3v) is 6.70. The van der Waals surface area contributed by atoms with E-state index in [0.29, 0.717) is 33.4 Å². The molecule has 4 rings (SSSR count). The summed E-state index contributed by atoms with van der Waals surface area (Å²) in [4.78, 5) is 25.6. The molecule has 0 amide bonds. The first-order chi connectivity index (χ1) is 14.8. The average Bonchev–Trinajstić information content (AvgIpc) is 3.15. The number of carbonyl (C=O) groups is 1. The molecular formula is C22H18Cl2N4O2S. The Hall–Kier alpha value is -2.74. The number of carboxylic acids is 1. The number of hydrogen-bond acceptors (Lipinski definition) is 6. The van der Waals surface area contributed by atoms with Crippen LogP contribution in [0.5, 0.6) is 0 Å². The van der Waals surface area contributed by atoms with Crippen molar-refractivity contribution in [2.24, 2.45) is 0 Å². The summed E-state index contributed by atoms with van der Waals surface area (Å²) in [6.45, 7) is 3.35. The van der Waals surface area contributed by atoms with E-state index in [2.05, 4.69) is 15.3 Å². The monoisotopic (exact) mass is 472 g/mol. The molecule has 0 saturated carbocycles. The lowest BCUT2D eigenvalue weighted by atomic mass is 9.85. The molecular weight excluding hydrogens is 455 g/mol. The van der Waals surface area contributed by atoms with E-state index < -0.39 is 11.4 Å². The summed E-state index contributed by atoms with van der Waals surface area (Å²) in [5, 5.41) is 14.7. The molecule has 2 N–H and O–H groups in total. The quantitative estimate of drug-likeness (QED) is 0.352. The van der Waals surface area contributed by atoms with Crippen molar-refractivity contribution in [2.45, 2.75) is 25.7 Å². The number of thiazole rings is 1. The molecule has 6 nitrogen and oxygen atoms in total. The molecule has 0 unspecified atom stereocenters. The predicted octanol–water partition coefficient (Wildman–Crippen LogP) is 6.09. The largest absolute Gasteiger partial charge is 0.481 e. The Kier molecular flexibility index (Phi) is 5.83. The fourth-order valence-corrected chi connectivity index (χ4v) is 4.49. The van der Waals surface area contributed by atoms with Crippen LogP contribution in [0.3, 0.4) is 0 Å². The first kappa shape index (κ1) is 21.5. The number of aromatic nitrogens is 3. The van der Waals surface area contributed by atoms with Crippen LogP contribution in [-0.2, 0) is 16.6 Å². The van der Waals surface area contributed by atoms with E-state index in [1.54, 1.807) is 38.1 Å². The number of rotatable bonds is 6. The lowest BCUT2D eigenvalue weighted by Crippen LogP contribution is -2.28. The van der Waals surface area contributed by atoms with E-state index in [0.717, 1.165) is 21.1 Å². The summed E-state index contributed by atoms with van der Waals surface area (Å²) >= 11 is 14.1. The summed E-state index contributed by atoms with van der Waals surface area (Å²) < 4.78 is 0. The maximum Gasteiger partial charge on any atom is 0.313 e. The Bertz CT molecular complexity index is 1250. The Morgan fingerprint density at radius 2 is 1.77 bits per heavy atom. The Morgan fingerprint density at radius 1 is 1.10 bits per heavy atom. The van der Waals surface area contributed by atoms with Crippen molar-refractivity contribution in [1.29, 1.82) is 0 Å². The molecule has 0 spiro atoms. The second kappa shape index (κ2) is 8.42. The molecule has 2 heterocycles. The van der Waals surface area contributed by atoms with Crippen LogP contribution in [0.4, 0.5) is 11.5 Å². The zero-order valence-corrected chi connectivity index (χ0v) is 19.0. The minimum absolute atomic E-state index is 0.498. The molecule has 0 aliphatic rings. The molecule has 0 bridgehead atoms. The van der Waals surface area contributed by atoms with Crippen LogP contribution in [0.1, 0.15) is 30.0 Å². The summed E-state index contributed by atoms with van der Waals surface area (Å²) in [6, 6.07) is 12.6. The Balaban J connectivity index is 1.61. The van der Waals surface area contributed by atoms with E-state index in [1.807, 2.05) is 18.2 Å². The number of fused-ring (bicyclic) bond motifs is 1. The van der Waals surface area contributed by atoms with E-state index in [-0.39, 0.29) is 0 Å². The zero-order valence-electron chi connectivity index (χ0n) is 16.7. The lowest BCUT2D eigenvalue weighted by Gasteiger charge is -2.20. The van der Waals surface area contributed by atoms with Gasteiger partial charge in [-0.1, -0.05) is 52.7 Å². The van der Waals surface area contributed by atoms with Crippen LogP contribution in [0, 0.1) is 0 Å². The van der Waals surface area contributed by atoms with Gasteiger partial charge in [-0.3, -0.25) is 4.79 Å². The Labute approximate surface area is 192 Å². The number of halogens is 2. The highest BCUT2D eigenvalue weighted by molar-refractivity contribution is 7.18. The van der Waals surface area contributed by atoms with Gasteiger partial charge in [0.25, 0.3) is 0 Å². The molecule has 158 valence electrons. The maximum absolute atomic E-state index is 11.5. The normalized spacial score (nSPS) is 11.6. The number of hydrogen-bond donors (Lipinski definition) is 2. The lowest BCUT2D eigenvalue weighted by molar-refractivity contribution is -0.142. The number of anilines is 2. The summed E-state index contributed by atoms with van der Waals surface area (Å²) in [7, 11) is 0. The highest BCUT2D eigenvalue weighted by atomic mass is 35.5. The third kappa shape index (κ3) is 4.35. The van der Waals surface area contributed by atoms with Gasteiger partial charge in [0.1, 0.15) is 21.7 Å². The van der Waals surface area contributed by atoms with Gasteiger partial charge in [-0.15, -0.1) is 0 Å². The van der Waals surface area contributed by atoms with Crippen molar-refractivity contribution in [3.63, 3.8) is 0 Å². The van der Waals surface area contributed by atoms with Crippen LogP contribution >= 0.6 is 34.5 Å². The molecule has 2 aromatic heterocycles. The average molecular weight is 473 g/mol. The fourth-order valence-electron chi connectivity index (χ4n) is 3.05. The van der Waals surface area contributed by atoms with Gasteiger partial charge >= 0.3 is 5.97 Å². The van der Waals surface area contributed by atoms with Gasteiger partial charge in [0.05, 0.1) is 5.41 Å². The smallest absolute Gasteiger partial charge is 0.313 e. The standard InChI is InChI=1S/C22H18Cl2N4O2S/c1-22(2,21(29)30)12-6-8-13(9-7-12)27-19-18-20(26-11-25-19)31-17(28-18)10-14-15(23)4-3-5-16(14)24/h3-9,11H,10H2,1-2H3,(H,29,30)(H,25,26,27). The number of carboxylic acid groups (broad SMARTS) is 1.